The van der Waals surface area contributed by atoms with Crippen molar-refractivity contribution in [1.29, 1.82) is 0 Å². The van der Waals surface area contributed by atoms with Crippen LogP contribution in [0.3, 0.4) is 0 Å². The fourth-order valence-electron chi connectivity index (χ4n) is 2.69. The predicted molar refractivity (Wildman–Crippen MR) is 85.8 cm³/mol. The minimum absolute atomic E-state index is 0. The highest BCUT2D eigenvalue weighted by Crippen LogP contribution is 2.22. The summed E-state index contributed by atoms with van der Waals surface area (Å²) < 4.78 is 5.27. The molecule has 3 rings (SSSR count). The number of aryl methyl sites for hydroxylation is 1. The molecule has 1 fully saturated rings. The fraction of sp³-hybridized carbons (Fsp3) is 0.533. The van der Waals surface area contributed by atoms with E-state index in [0.29, 0.717) is 12.6 Å². The average Bonchev–Trinajstić information content (AvgIpc) is 2.96. The van der Waals surface area contributed by atoms with Crippen molar-refractivity contribution in [2.24, 2.45) is 0 Å². The number of hydrogen-bond acceptors (Lipinski definition) is 6. The van der Waals surface area contributed by atoms with Gasteiger partial charge in [-0.2, -0.15) is 4.98 Å². The fourth-order valence-corrected chi connectivity index (χ4v) is 2.69. The molecule has 1 unspecified atom stereocenters. The summed E-state index contributed by atoms with van der Waals surface area (Å²) in [5.74, 6) is 1.51. The molecule has 1 saturated heterocycles. The normalized spacial score (nSPS) is 18.9. The monoisotopic (exact) mass is 323 g/mol. The maximum atomic E-state index is 5.27. The largest absolute Gasteiger partial charge is 0.339 e. The van der Waals surface area contributed by atoms with Crippen molar-refractivity contribution in [3.05, 3.63) is 41.8 Å². The van der Waals surface area contributed by atoms with Gasteiger partial charge in [0, 0.05) is 44.5 Å². The molecular formula is C15H22ClN5O. The number of halogens is 1. The van der Waals surface area contributed by atoms with Gasteiger partial charge in [0.25, 0.3) is 0 Å². The van der Waals surface area contributed by atoms with Gasteiger partial charge in [-0.25, -0.2) is 0 Å². The molecule has 1 aliphatic heterocycles. The van der Waals surface area contributed by atoms with Gasteiger partial charge in [-0.3, -0.25) is 9.88 Å². The molecule has 0 spiro atoms. The number of piperazine rings is 1. The van der Waals surface area contributed by atoms with Gasteiger partial charge >= 0.3 is 0 Å². The van der Waals surface area contributed by atoms with E-state index in [1.54, 1.807) is 6.20 Å². The van der Waals surface area contributed by atoms with E-state index in [1.807, 2.05) is 12.3 Å². The zero-order valence-corrected chi connectivity index (χ0v) is 13.6. The molecular weight excluding hydrogens is 302 g/mol. The second-order valence-electron chi connectivity index (χ2n) is 5.33. The molecule has 0 bridgehead atoms. The van der Waals surface area contributed by atoms with E-state index in [9.17, 15) is 0 Å². The quantitative estimate of drug-likeness (QED) is 0.907. The molecule has 0 saturated carbocycles. The van der Waals surface area contributed by atoms with Gasteiger partial charge in [-0.15, -0.1) is 12.4 Å². The van der Waals surface area contributed by atoms with Crippen molar-refractivity contribution in [3.63, 3.8) is 0 Å². The maximum absolute atomic E-state index is 5.27. The van der Waals surface area contributed by atoms with Crippen molar-refractivity contribution < 1.29 is 4.52 Å². The lowest BCUT2D eigenvalue weighted by Gasteiger charge is -2.35. The molecule has 2 aromatic heterocycles. The Morgan fingerprint density at radius 3 is 3.14 bits per heavy atom. The van der Waals surface area contributed by atoms with Gasteiger partial charge < -0.3 is 9.84 Å². The van der Waals surface area contributed by atoms with Crippen LogP contribution in [0.4, 0.5) is 0 Å². The smallest absolute Gasteiger partial charge is 0.226 e. The van der Waals surface area contributed by atoms with E-state index in [-0.39, 0.29) is 12.4 Å². The van der Waals surface area contributed by atoms with E-state index in [4.69, 9.17) is 4.52 Å². The molecule has 2 aromatic rings. The van der Waals surface area contributed by atoms with Gasteiger partial charge in [-0.1, -0.05) is 18.1 Å². The first-order valence-corrected chi connectivity index (χ1v) is 7.53. The summed E-state index contributed by atoms with van der Waals surface area (Å²) in [6, 6.07) is 4.41. The SMILES string of the molecule is CCCc1nc(CN2CCNCC2c2cccnc2)no1.Cl. The number of hydrogen-bond donors (Lipinski definition) is 1. The molecule has 0 radical (unpaired) electrons. The van der Waals surface area contributed by atoms with Gasteiger partial charge in [0.15, 0.2) is 5.82 Å². The van der Waals surface area contributed by atoms with Crippen molar-refractivity contribution in [2.75, 3.05) is 19.6 Å². The summed E-state index contributed by atoms with van der Waals surface area (Å²) in [5, 5.41) is 7.53. The van der Waals surface area contributed by atoms with Crippen molar-refractivity contribution in [3.8, 4) is 0 Å². The molecule has 120 valence electrons. The van der Waals surface area contributed by atoms with Crippen LogP contribution in [0.2, 0.25) is 0 Å². The molecule has 7 heteroatoms. The van der Waals surface area contributed by atoms with Gasteiger partial charge in [-0.05, 0) is 18.1 Å². The second kappa shape index (κ2) is 8.22. The first-order valence-electron chi connectivity index (χ1n) is 7.53. The molecule has 0 amide bonds. The molecule has 0 aliphatic carbocycles. The van der Waals surface area contributed by atoms with Gasteiger partial charge in [0.2, 0.25) is 5.89 Å². The highest BCUT2D eigenvalue weighted by atomic mass is 35.5. The van der Waals surface area contributed by atoms with E-state index >= 15 is 0 Å². The van der Waals surface area contributed by atoms with Gasteiger partial charge in [0.05, 0.1) is 6.54 Å². The minimum atomic E-state index is 0. The zero-order chi connectivity index (χ0) is 14.5. The summed E-state index contributed by atoms with van der Waals surface area (Å²) in [4.78, 5) is 11.1. The molecule has 0 aromatic carbocycles. The topological polar surface area (TPSA) is 67.1 Å². The maximum Gasteiger partial charge on any atom is 0.226 e. The Hall–Kier alpha value is -1.50. The van der Waals surface area contributed by atoms with E-state index in [2.05, 4.69) is 38.3 Å². The van der Waals surface area contributed by atoms with Crippen LogP contribution >= 0.6 is 12.4 Å². The lowest BCUT2D eigenvalue weighted by atomic mass is 10.1. The van der Waals surface area contributed by atoms with Crippen LogP contribution in [-0.2, 0) is 13.0 Å². The third-order valence-corrected chi connectivity index (χ3v) is 3.74. The minimum Gasteiger partial charge on any atom is -0.339 e. The Morgan fingerprint density at radius 2 is 2.36 bits per heavy atom. The molecule has 1 atom stereocenters. The molecule has 22 heavy (non-hydrogen) atoms. The van der Waals surface area contributed by atoms with Crippen LogP contribution in [0.1, 0.15) is 36.7 Å². The zero-order valence-electron chi connectivity index (χ0n) is 12.7. The predicted octanol–water partition coefficient (Wildman–Crippen LogP) is 1.99. The number of nitrogens with zero attached hydrogens (tertiary/aromatic N) is 4. The molecule has 1 N–H and O–H groups in total. The van der Waals surface area contributed by atoms with Crippen molar-refractivity contribution >= 4 is 12.4 Å². The summed E-state index contributed by atoms with van der Waals surface area (Å²) in [6.07, 6.45) is 5.61. The van der Waals surface area contributed by atoms with Crippen LogP contribution in [0.5, 0.6) is 0 Å². The highest BCUT2D eigenvalue weighted by molar-refractivity contribution is 5.85. The number of pyridine rings is 1. The summed E-state index contributed by atoms with van der Waals surface area (Å²) in [7, 11) is 0. The molecule has 6 nitrogen and oxygen atoms in total. The Kier molecular flexibility index (Phi) is 6.30. The van der Waals surface area contributed by atoms with Crippen molar-refractivity contribution in [2.45, 2.75) is 32.4 Å². The number of aromatic nitrogens is 3. The average molecular weight is 324 g/mol. The first kappa shape index (κ1) is 16.9. The molecule has 3 heterocycles. The van der Waals surface area contributed by atoms with Crippen molar-refractivity contribution in [1.82, 2.24) is 25.3 Å². The van der Waals surface area contributed by atoms with Crippen LogP contribution in [0, 0.1) is 0 Å². The summed E-state index contributed by atoms with van der Waals surface area (Å²) in [6.45, 7) is 5.70. The van der Waals surface area contributed by atoms with Gasteiger partial charge in [0.1, 0.15) is 0 Å². The number of rotatable bonds is 5. The number of nitrogens with one attached hydrogen (secondary N) is 1. The lowest BCUT2D eigenvalue weighted by molar-refractivity contribution is 0.148. The second-order valence-corrected chi connectivity index (χ2v) is 5.33. The Labute approximate surface area is 136 Å². The third-order valence-electron chi connectivity index (χ3n) is 3.74. The van der Waals surface area contributed by atoms with E-state index in [1.165, 1.54) is 5.56 Å². The third kappa shape index (κ3) is 4.03. The van der Waals surface area contributed by atoms with Crippen LogP contribution in [-0.4, -0.2) is 39.7 Å². The Morgan fingerprint density at radius 1 is 1.45 bits per heavy atom. The highest BCUT2D eigenvalue weighted by Gasteiger charge is 2.25. The van der Waals surface area contributed by atoms with Crippen LogP contribution < -0.4 is 5.32 Å². The summed E-state index contributed by atoms with van der Waals surface area (Å²) in [5.41, 5.74) is 1.22. The lowest BCUT2D eigenvalue weighted by Crippen LogP contribution is -2.45. The standard InChI is InChI=1S/C15H21N5O.ClH/c1-2-4-15-18-14(19-21-15)11-20-8-7-17-10-13(20)12-5-3-6-16-9-12;/h3,5-6,9,13,17H,2,4,7-8,10-11H2,1H3;1H. The first-order chi connectivity index (χ1) is 10.4. The Balaban J connectivity index is 0.00000176. The van der Waals surface area contributed by atoms with E-state index in [0.717, 1.165) is 44.2 Å². The molecule has 1 aliphatic rings. The van der Waals surface area contributed by atoms with E-state index < -0.39 is 0 Å². The van der Waals surface area contributed by atoms with Crippen LogP contribution in [0.15, 0.2) is 29.0 Å². The van der Waals surface area contributed by atoms with Crippen LogP contribution in [0.25, 0.3) is 0 Å². The summed E-state index contributed by atoms with van der Waals surface area (Å²) >= 11 is 0. The Bertz CT molecular complexity index is 562.